The van der Waals surface area contributed by atoms with Crippen LogP contribution in [0.4, 0.5) is 0 Å². The third kappa shape index (κ3) is 3.86. The Bertz CT molecular complexity index is 955. The van der Waals surface area contributed by atoms with Crippen molar-refractivity contribution >= 4 is 11.8 Å². The normalized spacial score (nSPS) is 19.8. The van der Waals surface area contributed by atoms with E-state index in [1.165, 1.54) is 12.5 Å². The fourth-order valence-corrected chi connectivity index (χ4v) is 4.57. The van der Waals surface area contributed by atoms with Crippen LogP contribution in [0.3, 0.4) is 0 Å². The lowest BCUT2D eigenvalue weighted by molar-refractivity contribution is -0.118. The van der Waals surface area contributed by atoms with E-state index in [1.54, 1.807) is 32.4 Å². The van der Waals surface area contributed by atoms with Crippen LogP contribution in [0.15, 0.2) is 24.4 Å². The number of carbonyl (C=O) groups is 2. The maximum absolute atomic E-state index is 13.2. The van der Waals surface area contributed by atoms with E-state index in [0.717, 1.165) is 25.1 Å². The van der Waals surface area contributed by atoms with Crippen molar-refractivity contribution in [2.45, 2.75) is 32.2 Å². The van der Waals surface area contributed by atoms with Gasteiger partial charge in [0, 0.05) is 44.7 Å². The maximum Gasteiger partial charge on any atom is 0.257 e. The zero-order chi connectivity index (χ0) is 21.3. The standard InChI is InChI=1S/C22H28N4O4/c1-14(27)23-8-9-26-12-16-5-4-15-11-25(13-19(15)21(16)24-26)22(28)18-7-6-17(29-2)10-20(18)30-3/h6-7,10,12,15,19H,4-5,8-9,11,13H2,1-3H3,(H,23,27)/t15-,19+/m1/s1. The van der Waals surface area contributed by atoms with Crippen LogP contribution in [-0.4, -0.2) is 60.3 Å². The van der Waals surface area contributed by atoms with Crippen molar-refractivity contribution in [3.63, 3.8) is 0 Å². The molecule has 8 nitrogen and oxygen atoms in total. The molecule has 0 saturated carbocycles. The lowest BCUT2D eigenvalue weighted by Crippen LogP contribution is -2.29. The summed E-state index contributed by atoms with van der Waals surface area (Å²) in [5.74, 6) is 1.81. The summed E-state index contributed by atoms with van der Waals surface area (Å²) in [5.41, 5.74) is 2.92. The van der Waals surface area contributed by atoms with E-state index in [-0.39, 0.29) is 17.7 Å². The summed E-state index contributed by atoms with van der Waals surface area (Å²) in [5, 5.41) is 7.61. The molecule has 8 heteroatoms. The summed E-state index contributed by atoms with van der Waals surface area (Å²) in [6.07, 6.45) is 4.12. The van der Waals surface area contributed by atoms with Crippen LogP contribution in [-0.2, 0) is 17.8 Å². The predicted molar refractivity (Wildman–Crippen MR) is 111 cm³/mol. The van der Waals surface area contributed by atoms with Crippen LogP contribution in [0.1, 0.15) is 40.9 Å². The summed E-state index contributed by atoms with van der Waals surface area (Å²) < 4.78 is 12.6. The molecule has 1 fully saturated rings. The van der Waals surface area contributed by atoms with Gasteiger partial charge in [-0.15, -0.1) is 0 Å². The average molecular weight is 412 g/mol. The molecule has 0 radical (unpaired) electrons. The molecule has 2 aliphatic rings. The third-order valence-corrected chi connectivity index (χ3v) is 6.09. The number of benzene rings is 1. The van der Waals surface area contributed by atoms with Crippen LogP contribution in [0, 0.1) is 5.92 Å². The number of fused-ring (bicyclic) bond motifs is 3. The molecular formula is C22H28N4O4. The number of carbonyl (C=O) groups excluding carboxylic acids is 2. The molecule has 2 atom stereocenters. The van der Waals surface area contributed by atoms with Crippen molar-refractivity contribution in [3.8, 4) is 11.5 Å². The number of likely N-dealkylation sites (tertiary alicyclic amines) is 1. The zero-order valence-electron chi connectivity index (χ0n) is 17.7. The first-order chi connectivity index (χ1) is 14.5. The second kappa shape index (κ2) is 8.38. The molecule has 2 heterocycles. The molecule has 1 aromatic heterocycles. The van der Waals surface area contributed by atoms with Crippen molar-refractivity contribution in [1.29, 1.82) is 0 Å². The molecule has 1 aliphatic heterocycles. The van der Waals surface area contributed by atoms with Crippen LogP contribution >= 0.6 is 0 Å². The first-order valence-electron chi connectivity index (χ1n) is 10.3. The molecule has 1 aliphatic carbocycles. The van der Waals surface area contributed by atoms with Gasteiger partial charge in [-0.25, -0.2) is 0 Å². The minimum absolute atomic E-state index is 0.0180. The molecule has 1 saturated heterocycles. The van der Waals surface area contributed by atoms with Crippen molar-refractivity contribution < 1.29 is 19.1 Å². The highest BCUT2D eigenvalue weighted by Gasteiger charge is 2.41. The number of ether oxygens (including phenoxy) is 2. The number of methoxy groups -OCH3 is 2. The molecule has 4 rings (SSSR count). The van der Waals surface area contributed by atoms with Crippen molar-refractivity contribution in [3.05, 3.63) is 41.2 Å². The van der Waals surface area contributed by atoms with Gasteiger partial charge in [-0.1, -0.05) is 0 Å². The summed E-state index contributed by atoms with van der Waals surface area (Å²) in [6, 6.07) is 5.29. The van der Waals surface area contributed by atoms with Gasteiger partial charge in [0.15, 0.2) is 0 Å². The number of rotatable bonds is 6. The molecular weight excluding hydrogens is 384 g/mol. The van der Waals surface area contributed by atoms with E-state index in [0.29, 0.717) is 42.6 Å². The Balaban J connectivity index is 1.49. The van der Waals surface area contributed by atoms with Gasteiger partial charge in [0.1, 0.15) is 11.5 Å². The highest BCUT2D eigenvalue weighted by atomic mass is 16.5. The van der Waals surface area contributed by atoms with Crippen LogP contribution in [0.5, 0.6) is 11.5 Å². The van der Waals surface area contributed by atoms with Gasteiger partial charge in [-0.05, 0) is 36.5 Å². The quantitative estimate of drug-likeness (QED) is 0.783. The molecule has 0 bridgehead atoms. The molecule has 0 unspecified atom stereocenters. The Morgan fingerprint density at radius 1 is 1.23 bits per heavy atom. The van der Waals surface area contributed by atoms with E-state index in [2.05, 4.69) is 11.5 Å². The van der Waals surface area contributed by atoms with Gasteiger partial charge in [0.05, 0.1) is 32.0 Å². The first-order valence-corrected chi connectivity index (χ1v) is 10.3. The summed E-state index contributed by atoms with van der Waals surface area (Å²) >= 11 is 0. The molecule has 1 N–H and O–H groups in total. The van der Waals surface area contributed by atoms with Crippen LogP contribution in [0.2, 0.25) is 0 Å². The van der Waals surface area contributed by atoms with E-state index in [1.807, 2.05) is 9.58 Å². The highest BCUT2D eigenvalue weighted by Crippen LogP contribution is 2.41. The zero-order valence-corrected chi connectivity index (χ0v) is 17.7. The largest absolute Gasteiger partial charge is 0.497 e. The Labute approximate surface area is 176 Å². The summed E-state index contributed by atoms with van der Waals surface area (Å²) in [4.78, 5) is 26.2. The van der Waals surface area contributed by atoms with Crippen LogP contribution in [0.25, 0.3) is 0 Å². The SMILES string of the molecule is COc1ccc(C(=O)N2C[C@H]3CCc4cn(CCNC(C)=O)nc4[C@H]3C2)c(OC)c1. The number of aryl methyl sites for hydroxylation is 1. The van der Waals surface area contributed by atoms with Crippen molar-refractivity contribution in [2.75, 3.05) is 33.9 Å². The molecule has 30 heavy (non-hydrogen) atoms. The maximum atomic E-state index is 13.2. The number of nitrogens with one attached hydrogen (secondary N) is 1. The van der Waals surface area contributed by atoms with Gasteiger partial charge in [0.25, 0.3) is 5.91 Å². The summed E-state index contributed by atoms with van der Waals surface area (Å²) in [7, 11) is 3.16. The van der Waals surface area contributed by atoms with Crippen LogP contribution < -0.4 is 14.8 Å². The average Bonchev–Trinajstić information content (AvgIpc) is 3.36. The smallest absolute Gasteiger partial charge is 0.257 e. The number of hydrogen-bond acceptors (Lipinski definition) is 5. The van der Waals surface area contributed by atoms with E-state index in [4.69, 9.17) is 14.6 Å². The van der Waals surface area contributed by atoms with Gasteiger partial charge < -0.3 is 19.7 Å². The van der Waals surface area contributed by atoms with Gasteiger partial charge in [-0.3, -0.25) is 14.3 Å². The second-order valence-corrected chi connectivity index (χ2v) is 7.97. The Morgan fingerprint density at radius 2 is 2.07 bits per heavy atom. The molecule has 2 aromatic rings. The second-order valence-electron chi connectivity index (χ2n) is 7.97. The first kappa shape index (κ1) is 20.3. The summed E-state index contributed by atoms with van der Waals surface area (Å²) in [6.45, 7) is 4.12. The molecule has 160 valence electrons. The van der Waals surface area contributed by atoms with Gasteiger partial charge in [-0.2, -0.15) is 5.10 Å². The van der Waals surface area contributed by atoms with Gasteiger partial charge in [0.2, 0.25) is 5.91 Å². The predicted octanol–water partition coefficient (Wildman–Crippen LogP) is 1.84. The van der Waals surface area contributed by atoms with Crippen molar-refractivity contribution in [1.82, 2.24) is 20.0 Å². The number of hydrogen-bond donors (Lipinski definition) is 1. The lowest BCUT2D eigenvalue weighted by atomic mass is 9.81. The molecule has 2 amide bonds. The number of aromatic nitrogens is 2. The lowest BCUT2D eigenvalue weighted by Gasteiger charge is -2.22. The van der Waals surface area contributed by atoms with Gasteiger partial charge >= 0.3 is 0 Å². The number of amides is 2. The minimum atomic E-state index is -0.0362. The minimum Gasteiger partial charge on any atom is -0.497 e. The molecule has 0 spiro atoms. The fraction of sp³-hybridized carbons (Fsp3) is 0.500. The highest BCUT2D eigenvalue weighted by molar-refractivity contribution is 5.97. The van der Waals surface area contributed by atoms with E-state index >= 15 is 0 Å². The number of nitrogens with zero attached hydrogens (tertiary/aromatic N) is 3. The Kier molecular flexibility index (Phi) is 5.65. The Morgan fingerprint density at radius 3 is 2.80 bits per heavy atom. The Hall–Kier alpha value is -3.03. The van der Waals surface area contributed by atoms with Crippen molar-refractivity contribution in [2.24, 2.45) is 5.92 Å². The topological polar surface area (TPSA) is 85.7 Å². The third-order valence-electron chi connectivity index (χ3n) is 6.09. The van der Waals surface area contributed by atoms with E-state index < -0.39 is 0 Å². The monoisotopic (exact) mass is 412 g/mol. The van der Waals surface area contributed by atoms with E-state index in [9.17, 15) is 9.59 Å². The fourth-order valence-electron chi connectivity index (χ4n) is 4.57. The molecule has 1 aromatic carbocycles.